The Bertz CT molecular complexity index is 421. The van der Waals surface area contributed by atoms with Gasteiger partial charge in [0.25, 0.3) is 0 Å². The molecule has 98 valence electrons. The number of hydrogen-bond acceptors (Lipinski definition) is 2. The fourth-order valence-corrected chi connectivity index (χ4v) is 3.22. The van der Waals surface area contributed by atoms with Gasteiger partial charge in [0.15, 0.2) is 0 Å². The summed E-state index contributed by atoms with van der Waals surface area (Å²) in [7, 11) is 0. The van der Waals surface area contributed by atoms with Crippen molar-refractivity contribution in [2.24, 2.45) is 0 Å². The molecule has 0 aliphatic carbocycles. The number of rotatable bonds is 2. The number of carbonyl (C=O) groups is 1. The van der Waals surface area contributed by atoms with E-state index in [2.05, 4.69) is 21.2 Å². The van der Waals surface area contributed by atoms with Crippen molar-refractivity contribution in [3.63, 3.8) is 0 Å². The molecule has 1 N–H and O–H groups in total. The topological polar surface area (TPSA) is 32.3 Å². The summed E-state index contributed by atoms with van der Waals surface area (Å²) in [6.45, 7) is 3.71. The summed E-state index contributed by atoms with van der Waals surface area (Å²) in [6.07, 6.45) is 0. The minimum Gasteiger partial charge on any atom is -0.331 e. The van der Waals surface area contributed by atoms with E-state index in [4.69, 9.17) is 0 Å². The molecule has 1 heterocycles. The lowest BCUT2D eigenvalue weighted by Gasteiger charge is -2.28. The molecule has 5 heteroatoms. The Labute approximate surface area is 120 Å². The highest BCUT2D eigenvalue weighted by atomic mass is 79.9. The van der Waals surface area contributed by atoms with Crippen LogP contribution in [-0.4, -0.2) is 35.5 Å². The van der Waals surface area contributed by atoms with Gasteiger partial charge in [-0.2, -0.15) is 11.8 Å². The normalized spacial score (nSPS) is 17.3. The Hall–Kier alpha value is -0.680. The van der Waals surface area contributed by atoms with Crippen molar-refractivity contribution in [1.29, 1.82) is 0 Å². The summed E-state index contributed by atoms with van der Waals surface area (Å²) in [5, 5.41) is 3.05. The zero-order valence-corrected chi connectivity index (χ0v) is 12.8. The molecule has 18 heavy (non-hydrogen) atoms. The summed E-state index contributed by atoms with van der Waals surface area (Å²) >= 11 is 5.35. The Morgan fingerprint density at radius 1 is 1.44 bits per heavy atom. The number of urea groups is 1. The third kappa shape index (κ3) is 3.65. The lowest BCUT2D eigenvalue weighted by molar-refractivity contribution is 0.199. The van der Waals surface area contributed by atoms with Crippen molar-refractivity contribution < 1.29 is 4.79 Å². The van der Waals surface area contributed by atoms with Gasteiger partial charge in [-0.15, -0.1) is 0 Å². The van der Waals surface area contributed by atoms with Crippen LogP contribution in [0.3, 0.4) is 0 Å². The molecule has 1 aromatic carbocycles. The van der Waals surface area contributed by atoms with E-state index in [0.717, 1.165) is 34.6 Å². The maximum atomic E-state index is 12.1. The predicted octanol–water partition coefficient (Wildman–Crippen LogP) is 3.27. The highest BCUT2D eigenvalue weighted by molar-refractivity contribution is 9.10. The fraction of sp³-hybridized carbons (Fsp3) is 0.462. The predicted molar refractivity (Wildman–Crippen MR) is 80.0 cm³/mol. The van der Waals surface area contributed by atoms with E-state index in [1.807, 2.05) is 47.9 Å². The Morgan fingerprint density at radius 2 is 2.17 bits per heavy atom. The summed E-state index contributed by atoms with van der Waals surface area (Å²) in [4.78, 5) is 14.0. The van der Waals surface area contributed by atoms with Gasteiger partial charge in [0.1, 0.15) is 0 Å². The van der Waals surface area contributed by atoms with Crippen molar-refractivity contribution in [3.05, 3.63) is 34.3 Å². The summed E-state index contributed by atoms with van der Waals surface area (Å²) in [6, 6.07) is 8.12. The van der Waals surface area contributed by atoms with Crippen LogP contribution in [-0.2, 0) is 0 Å². The van der Waals surface area contributed by atoms with Crippen molar-refractivity contribution >= 4 is 33.7 Å². The van der Waals surface area contributed by atoms with Crippen molar-refractivity contribution in [1.82, 2.24) is 10.2 Å². The van der Waals surface area contributed by atoms with E-state index in [-0.39, 0.29) is 12.1 Å². The quantitative estimate of drug-likeness (QED) is 0.903. The van der Waals surface area contributed by atoms with E-state index >= 15 is 0 Å². The molecular weight excluding hydrogens is 312 g/mol. The average molecular weight is 329 g/mol. The monoisotopic (exact) mass is 328 g/mol. The maximum Gasteiger partial charge on any atom is 0.317 e. The van der Waals surface area contributed by atoms with Crippen LogP contribution in [0.15, 0.2) is 28.7 Å². The first-order valence-corrected chi connectivity index (χ1v) is 8.00. The lowest BCUT2D eigenvalue weighted by atomic mass is 10.1. The van der Waals surface area contributed by atoms with Gasteiger partial charge in [-0.05, 0) is 24.6 Å². The summed E-state index contributed by atoms with van der Waals surface area (Å²) in [5.41, 5.74) is 1.11. The summed E-state index contributed by atoms with van der Waals surface area (Å²) in [5.74, 6) is 2.08. The molecule has 2 amide bonds. The van der Waals surface area contributed by atoms with Crippen LogP contribution in [0.25, 0.3) is 0 Å². The minimum absolute atomic E-state index is 0.0320. The second kappa shape index (κ2) is 6.48. The van der Waals surface area contributed by atoms with E-state index in [1.54, 1.807) is 0 Å². The average Bonchev–Trinajstić information content (AvgIpc) is 2.39. The first-order chi connectivity index (χ1) is 8.66. The Morgan fingerprint density at radius 3 is 2.83 bits per heavy atom. The highest BCUT2D eigenvalue weighted by Gasteiger charge is 2.18. The lowest BCUT2D eigenvalue weighted by Crippen LogP contribution is -2.45. The van der Waals surface area contributed by atoms with Gasteiger partial charge in [0, 0.05) is 29.1 Å². The van der Waals surface area contributed by atoms with Crippen molar-refractivity contribution in [2.75, 3.05) is 24.6 Å². The zero-order chi connectivity index (χ0) is 13.0. The van der Waals surface area contributed by atoms with E-state index in [0.29, 0.717) is 0 Å². The first-order valence-electron chi connectivity index (χ1n) is 6.05. The number of halogens is 1. The molecule has 0 spiro atoms. The largest absolute Gasteiger partial charge is 0.331 e. The van der Waals surface area contributed by atoms with Crippen LogP contribution in [0.5, 0.6) is 0 Å². The van der Waals surface area contributed by atoms with Crippen LogP contribution in [0, 0.1) is 0 Å². The van der Waals surface area contributed by atoms with Gasteiger partial charge >= 0.3 is 6.03 Å². The molecule has 1 aliphatic heterocycles. The number of amides is 2. The number of nitrogens with one attached hydrogen (secondary N) is 1. The molecule has 2 rings (SSSR count). The minimum atomic E-state index is 0.0320. The SMILES string of the molecule is CC(NC(=O)N1CCSCC1)c1cccc(Br)c1. The summed E-state index contributed by atoms with van der Waals surface area (Å²) < 4.78 is 1.04. The van der Waals surface area contributed by atoms with Crippen LogP contribution >= 0.6 is 27.7 Å². The zero-order valence-electron chi connectivity index (χ0n) is 10.4. The highest BCUT2D eigenvalue weighted by Crippen LogP contribution is 2.18. The molecule has 0 bridgehead atoms. The molecule has 1 aliphatic rings. The standard InChI is InChI=1S/C13H17BrN2OS/c1-10(11-3-2-4-12(14)9-11)15-13(17)16-5-7-18-8-6-16/h2-4,9-10H,5-8H2,1H3,(H,15,17). The molecular formula is C13H17BrN2OS. The number of nitrogens with zero attached hydrogens (tertiary/aromatic N) is 1. The van der Waals surface area contributed by atoms with Gasteiger partial charge < -0.3 is 10.2 Å². The Kier molecular flexibility index (Phi) is 4.95. The van der Waals surface area contributed by atoms with Gasteiger partial charge in [0.2, 0.25) is 0 Å². The van der Waals surface area contributed by atoms with Gasteiger partial charge in [-0.1, -0.05) is 28.1 Å². The van der Waals surface area contributed by atoms with Crippen LogP contribution in [0.4, 0.5) is 4.79 Å². The van der Waals surface area contributed by atoms with Crippen LogP contribution in [0.1, 0.15) is 18.5 Å². The number of benzene rings is 1. The molecule has 3 nitrogen and oxygen atoms in total. The first kappa shape index (κ1) is 13.7. The van der Waals surface area contributed by atoms with Crippen LogP contribution < -0.4 is 5.32 Å². The van der Waals surface area contributed by atoms with Crippen molar-refractivity contribution in [2.45, 2.75) is 13.0 Å². The smallest absolute Gasteiger partial charge is 0.317 e. The van der Waals surface area contributed by atoms with E-state index < -0.39 is 0 Å². The molecule has 1 unspecified atom stereocenters. The molecule has 0 saturated carbocycles. The Balaban J connectivity index is 1.94. The van der Waals surface area contributed by atoms with Gasteiger partial charge in [-0.3, -0.25) is 0 Å². The fourth-order valence-electron chi connectivity index (χ4n) is 1.90. The van der Waals surface area contributed by atoms with Crippen molar-refractivity contribution in [3.8, 4) is 0 Å². The second-order valence-corrected chi connectivity index (χ2v) is 6.47. The number of hydrogen-bond donors (Lipinski definition) is 1. The third-order valence-corrected chi connectivity index (χ3v) is 4.42. The second-order valence-electron chi connectivity index (χ2n) is 4.33. The third-order valence-electron chi connectivity index (χ3n) is 2.99. The maximum absolute atomic E-state index is 12.1. The molecule has 0 aromatic heterocycles. The number of carbonyl (C=O) groups excluding carboxylic acids is 1. The molecule has 1 aromatic rings. The van der Waals surface area contributed by atoms with E-state index in [9.17, 15) is 4.79 Å². The molecule has 1 fully saturated rings. The molecule has 1 atom stereocenters. The van der Waals surface area contributed by atoms with E-state index in [1.165, 1.54) is 0 Å². The van der Waals surface area contributed by atoms with Crippen LogP contribution in [0.2, 0.25) is 0 Å². The molecule has 0 radical (unpaired) electrons. The molecule has 1 saturated heterocycles. The van der Waals surface area contributed by atoms with Gasteiger partial charge in [0.05, 0.1) is 6.04 Å². The number of thioether (sulfide) groups is 1. The van der Waals surface area contributed by atoms with Gasteiger partial charge in [-0.25, -0.2) is 4.79 Å².